The molecular weight excluding hydrogens is 240 g/mol. The topological polar surface area (TPSA) is 78.3 Å². The van der Waals surface area contributed by atoms with Gasteiger partial charge in [0.15, 0.2) is 0 Å². The molecule has 0 aliphatic heterocycles. The van der Waals surface area contributed by atoms with E-state index in [1.165, 1.54) is 0 Å². The van der Waals surface area contributed by atoms with E-state index in [-0.39, 0.29) is 11.9 Å². The quantitative estimate of drug-likeness (QED) is 0.862. The fraction of sp³-hybridized carbons (Fsp3) is 0.267. The largest absolute Gasteiger partial charge is 0.496 e. The molecule has 2 aromatic rings. The smallest absolute Gasteiger partial charge is 0.217 e. The van der Waals surface area contributed by atoms with E-state index in [1.54, 1.807) is 7.11 Å². The van der Waals surface area contributed by atoms with Crippen LogP contribution in [-0.2, 0) is 4.79 Å². The van der Waals surface area contributed by atoms with Crippen LogP contribution in [0.1, 0.15) is 24.4 Å². The Balaban J connectivity index is 2.41. The normalized spacial score (nSPS) is 12.3. The number of fused-ring (bicyclic) bond motifs is 1. The summed E-state index contributed by atoms with van der Waals surface area (Å²) in [6.45, 7) is 0. The first kappa shape index (κ1) is 13.4. The van der Waals surface area contributed by atoms with Gasteiger partial charge in [0, 0.05) is 17.8 Å². The van der Waals surface area contributed by atoms with Crippen molar-refractivity contribution in [2.45, 2.75) is 18.9 Å². The minimum Gasteiger partial charge on any atom is -0.496 e. The zero-order valence-electron chi connectivity index (χ0n) is 10.9. The van der Waals surface area contributed by atoms with Crippen LogP contribution in [0.2, 0.25) is 0 Å². The predicted octanol–water partition coefficient (Wildman–Crippen LogP) is 2.11. The van der Waals surface area contributed by atoms with Crippen molar-refractivity contribution in [3.05, 3.63) is 42.0 Å². The highest BCUT2D eigenvalue weighted by Crippen LogP contribution is 2.31. The van der Waals surface area contributed by atoms with Gasteiger partial charge < -0.3 is 16.2 Å². The van der Waals surface area contributed by atoms with E-state index in [1.807, 2.05) is 36.4 Å². The van der Waals surface area contributed by atoms with Crippen molar-refractivity contribution in [3.8, 4) is 5.75 Å². The highest BCUT2D eigenvalue weighted by Gasteiger charge is 2.13. The van der Waals surface area contributed by atoms with Gasteiger partial charge in [-0.05, 0) is 23.4 Å². The lowest BCUT2D eigenvalue weighted by atomic mass is 9.96. The first-order valence-electron chi connectivity index (χ1n) is 6.23. The summed E-state index contributed by atoms with van der Waals surface area (Å²) < 4.78 is 5.35. The second-order valence-corrected chi connectivity index (χ2v) is 4.51. The van der Waals surface area contributed by atoms with Gasteiger partial charge in [0.25, 0.3) is 0 Å². The van der Waals surface area contributed by atoms with E-state index in [0.29, 0.717) is 12.8 Å². The van der Waals surface area contributed by atoms with E-state index in [2.05, 4.69) is 0 Å². The van der Waals surface area contributed by atoms with Crippen molar-refractivity contribution in [3.63, 3.8) is 0 Å². The van der Waals surface area contributed by atoms with E-state index in [4.69, 9.17) is 16.2 Å². The van der Waals surface area contributed by atoms with Crippen molar-refractivity contribution in [2.75, 3.05) is 7.11 Å². The molecule has 0 saturated carbocycles. The van der Waals surface area contributed by atoms with Crippen LogP contribution in [0.15, 0.2) is 36.4 Å². The molecule has 100 valence electrons. The van der Waals surface area contributed by atoms with Crippen molar-refractivity contribution in [2.24, 2.45) is 11.5 Å². The third-order valence-corrected chi connectivity index (χ3v) is 3.24. The summed E-state index contributed by atoms with van der Waals surface area (Å²) in [5.74, 6) is 0.495. The predicted molar refractivity (Wildman–Crippen MR) is 75.9 cm³/mol. The first-order chi connectivity index (χ1) is 9.13. The third-order valence-electron chi connectivity index (χ3n) is 3.24. The van der Waals surface area contributed by atoms with E-state index in [0.717, 1.165) is 22.1 Å². The lowest BCUT2D eigenvalue weighted by molar-refractivity contribution is -0.118. The Morgan fingerprint density at radius 2 is 1.89 bits per heavy atom. The average Bonchev–Trinajstić information content (AvgIpc) is 2.43. The second-order valence-electron chi connectivity index (χ2n) is 4.51. The molecule has 4 nitrogen and oxygen atoms in total. The maximum atomic E-state index is 10.8. The highest BCUT2D eigenvalue weighted by molar-refractivity contribution is 5.91. The Bertz CT molecular complexity index is 596. The molecule has 1 atom stereocenters. The van der Waals surface area contributed by atoms with Gasteiger partial charge in [-0.3, -0.25) is 4.79 Å². The summed E-state index contributed by atoms with van der Waals surface area (Å²) in [7, 11) is 1.65. The number of ether oxygens (including phenoxy) is 1. The van der Waals surface area contributed by atoms with Gasteiger partial charge in [0.05, 0.1) is 7.11 Å². The number of rotatable bonds is 5. The third kappa shape index (κ3) is 2.85. The van der Waals surface area contributed by atoms with Gasteiger partial charge in [0.2, 0.25) is 5.91 Å². The molecule has 0 heterocycles. The van der Waals surface area contributed by atoms with Crippen LogP contribution in [0, 0.1) is 0 Å². The SMILES string of the molecule is COc1ccc(C(N)CCC(N)=O)c2ccccc12. The van der Waals surface area contributed by atoms with Crippen molar-refractivity contribution >= 4 is 16.7 Å². The summed E-state index contributed by atoms with van der Waals surface area (Å²) in [6.07, 6.45) is 0.840. The monoisotopic (exact) mass is 258 g/mol. The molecule has 0 aliphatic carbocycles. The number of hydrogen-bond donors (Lipinski definition) is 2. The van der Waals surface area contributed by atoms with Crippen LogP contribution < -0.4 is 16.2 Å². The van der Waals surface area contributed by atoms with Gasteiger partial charge in [-0.15, -0.1) is 0 Å². The number of methoxy groups -OCH3 is 1. The number of primary amides is 1. The summed E-state index contributed by atoms with van der Waals surface area (Å²) in [6, 6.07) is 11.6. The molecule has 0 aliphatic rings. The number of amides is 1. The van der Waals surface area contributed by atoms with Gasteiger partial charge in [-0.2, -0.15) is 0 Å². The first-order valence-corrected chi connectivity index (χ1v) is 6.23. The maximum absolute atomic E-state index is 10.8. The summed E-state index contributed by atoms with van der Waals surface area (Å²) in [5, 5.41) is 2.08. The summed E-state index contributed by atoms with van der Waals surface area (Å²) in [5.41, 5.74) is 12.3. The van der Waals surface area contributed by atoms with E-state index >= 15 is 0 Å². The minimum absolute atomic E-state index is 0.205. The van der Waals surface area contributed by atoms with Crippen LogP contribution in [0.25, 0.3) is 10.8 Å². The molecule has 0 fully saturated rings. The van der Waals surface area contributed by atoms with Crippen LogP contribution in [0.4, 0.5) is 0 Å². The minimum atomic E-state index is -0.326. The lowest BCUT2D eigenvalue weighted by Gasteiger charge is -2.15. The Labute approximate surface area is 112 Å². The molecule has 1 amide bonds. The molecule has 0 spiro atoms. The summed E-state index contributed by atoms with van der Waals surface area (Å²) in [4.78, 5) is 10.8. The molecule has 1 unspecified atom stereocenters. The molecule has 0 aromatic heterocycles. The van der Waals surface area contributed by atoms with Crippen molar-refractivity contribution < 1.29 is 9.53 Å². The number of benzene rings is 2. The van der Waals surface area contributed by atoms with E-state index in [9.17, 15) is 4.79 Å². The van der Waals surface area contributed by atoms with Crippen molar-refractivity contribution in [1.29, 1.82) is 0 Å². The molecule has 0 saturated heterocycles. The van der Waals surface area contributed by atoms with Crippen LogP contribution >= 0.6 is 0 Å². The Hall–Kier alpha value is -2.07. The fourth-order valence-electron chi connectivity index (χ4n) is 2.25. The Morgan fingerprint density at radius 1 is 1.21 bits per heavy atom. The van der Waals surface area contributed by atoms with Crippen LogP contribution in [0.5, 0.6) is 5.75 Å². The average molecular weight is 258 g/mol. The second kappa shape index (κ2) is 5.71. The Kier molecular flexibility index (Phi) is 4.02. The molecule has 0 bridgehead atoms. The molecular formula is C15H18N2O2. The lowest BCUT2D eigenvalue weighted by Crippen LogP contribution is -2.16. The van der Waals surface area contributed by atoms with Gasteiger partial charge in [-0.25, -0.2) is 0 Å². The highest BCUT2D eigenvalue weighted by atomic mass is 16.5. The number of carbonyl (C=O) groups excluding carboxylic acids is 1. The number of hydrogen-bond acceptors (Lipinski definition) is 3. The van der Waals surface area contributed by atoms with Gasteiger partial charge in [0.1, 0.15) is 5.75 Å². The molecule has 19 heavy (non-hydrogen) atoms. The fourth-order valence-corrected chi connectivity index (χ4v) is 2.25. The number of nitrogens with two attached hydrogens (primary N) is 2. The zero-order chi connectivity index (χ0) is 13.8. The summed E-state index contributed by atoms with van der Waals surface area (Å²) >= 11 is 0. The van der Waals surface area contributed by atoms with Gasteiger partial charge in [-0.1, -0.05) is 30.3 Å². The van der Waals surface area contributed by atoms with Crippen LogP contribution in [0.3, 0.4) is 0 Å². The number of carbonyl (C=O) groups is 1. The standard InChI is InChI=1S/C15H18N2O2/c1-19-14-8-6-11(13(16)7-9-15(17)18)10-4-2-3-5-12(10)14/h2-6,8,13H,7,9,16H2,1H3,(H2,17,18). The van der Waals surface area contributed by atoms with Gasteiger partial charge >= 0.3 is 0 Å². The Morgan fingerprint density at radius 3 is 2.53 bits per heavy atom. The molecule has 2 rings (SSSR count). The van der Waals surface area contributed by atoms with Crippen LogP contribution in [-0.4, -0.2) is 13.0 Å². The zero-order valence-corrected chi connectivity index (χ0v) is 10.9. The molecule has 4 N–H and O–H groups in total. The molecule has 0 radical (unpaired) electrons. The molecule has 4 heteroatoms. The maximum Gasteiger partial charge on any atom is 0.217 e. The van der Waals surface area contributed by atoms with Crippen molar-refractivity contribution in [1.82, 2.24) is 0 Å². The van der Waals surface area contributed by atoms with E-state index < -0.39 is 0 Å². The molecule has 2 aromatic carbocycles.